The van der Waals surface area contributed by atoms with Crippen molar-refractivity contribution in [1.29, 1.82) is 0 Å². The first kappa shape index (κ1) is 79.3. The van der Waals surface area contributed by atoms with Gasteiger partial charge in [-0.15, -0.1) is 0 Å². The number of carbonyl (C=O) groups is 3. The molecule has 83 heavy (non-hydrogen) atoms. The summed E-state index contributed by atoms with van der Waals surface area (Å²) in [5.41, 5.74) is 0. The van der Waals surface area contributed by atoms with Gasteiger partial charge in [0.05, 0.1) is 0 Å². The molecule has 0 aromatic heterocycles. The minimum absolute atomic E-state index is 0.0834. The molecule has 0 N–H and O–H groups in total. The van der Waals surface area contributed by atoms with E-state index < -0.39 is 6.10 Å². The average molecular weight is 1160 g/mol. The molecule has 0 amide bonds. The number of carbonyl (C=O) groups excluding carboxylic acids is 3. The molecule has 0 aliphatic heterocycles. The van der Waals surface area contributed by atoms with Gasteiger partial charge in [-0.1, -0.05) is 311 Å². The summed E-state index contributed by atoms with van der Waals surface area (Å²) in [6.07, 6.45) is 95.7. The predicted molar refractivity (Wildman–Crippen MR) is 362 cm³/mol. The van der Waals surface area contributed by atoms with Gasteiger partial charge in [0.15, 0.2) is 6.10 Å². The zero-order chi connectivity index (χ0) is 59.9. The Labute approximate surface area is 515 Å². The number of esters is 3. The smallest absolute Gasteiger partial charge is 0.306 e. The third kappa shape index (κ3) is 69.0. The van der Waals surface area contributed by atoms with Gasteiger partial charge in [-0.2, -0.15) is 0 Å². The van der Waals surface area contributed by atoms with E-state index in [0.29, 0.717) is 19.3 Å². The van der Waals surface area contributed by atoms with Crippen molar-refractivity contribution < 1.29 is 28.6 Å². The summed E-state index contributed by atoms with van der Waals surface area (Å²) < 4.78 is 17.0. The van der Waals surface area contributed by atoms with E-state index in [4.69, 9.17) is 14.2 Å². The van der Waals surface area contributed by atoms with Crippen LogP contribution in [0.25, 0.3) is 0 Å². The van der Waals surface area contributed by atoms with Crippen LogP contribution in [0, 0.1) is 0 Å². The van der Waals surface area contributed by atoms with Gasteiger partial charge < -0.3 is 14.2 Å². The first-order valence-electron chi connectivity index (χ1n) is 35.7. The van der Waals surface area contributed by atoms with E-state index in [-0.39, 0.29) is 31.1 Å². The van der Waals surface area contributed by atoms with E-state index in [9.17, 15) is 14.4 Å². The second-order valence-electron chi connectivity index (χ2n) is 23.8. The zero-order valence-electron chi connectivity index (χ0n) is 54.9. The van der Waals surface area contributed by atoms with Crippen LogP contribution in [0.3, 0.4) is 0 Å². The molecule has 0 saturated carbocycles. The molecule has 0 bridgehead atoms. The summed E-state index contributed by atoms with van der Waals surface area (Å²) in [6.45, 7) is 6.57. The van der Waals surface area contributed by atoms with Gasteiger partial charge in [-0.3, -0.25) is 14.4 Å². The van der Waals surface area contributed by atoms with Crippen molar-refractivity contribution in [2.24, 2.45) is 0 Å². The number of allylic oxidation sites excluding steroid dienone is 16. The topological polar surface area (TPSA) is 78.9 Å². The summed E-state index contributed by atoms with van der Waals surface area (Å²) in [5.74, 6) is -0.890. The highest BCUT2D eigenvalue weighted by atomic mass is 16.6. The largest absolute Gasteiger partial charge is 0.462 e. The van der Waals surface area contributed by atoms with E-state index in [2.05, 4.69) is 118 Å². The summed E-state index contributed by atoms with van der Waals surface area (Å²) >= 11 is 0. The molecule has 0 rings (SSSR count). The Hall–Kier alpha value is -3.67. The molecule has 0 aliphatic carbocycles. The fraction of sp³-hybridized carbons (Fsp3) is 0.753. The lowest BCUT2D eigenvalue weighted by Crippen LogP contribution is -2.30. The fourth-order valence-corrected chi connectivity index (χ4v) is 10.1. The number of hydrogen-bond acceptors (Lipinski definition) is 6. The quantitative estimate of drug-likeness (QED) is 0.0261. The lowest BCUT2D eigenvalue weighted by Gasteiger charge is -2.18. The van der Waals surface area contributed by atoms with Crippen molar-refractivity contribution in [2.75, 3.05) is 13.2 Å². The highest BCUT2D eigenvalue weighted by Crippen LogP contribution is 2.17. The van der Waals surface area contributed by atoms with Gasteiger partial charge in [0.2, 0.25) is 0 Å². The van der Waals surface area contributed by atoms with E-state index in [0.717, 1.165) is 116 Å². The van der Waals surface area contributed by atoms with Crippen LogP contribution >= 0.6 is 0 Å². The standard InChI is InChI=1S/C77H134O6/c1-4-7-10-13-16-19-22-25-27-29-31-33-35-37-38-40-41-43-45-47-49-52-55-58-61-64-67-70-76(79)82-73-74(72-81-75(78)69-66-63-60-57-54-51-24-21-18-15-12-9-6-3)83-77(80)71-68-65-62-59-56-53-50-48-46-44-42-39-36-34-32-30-28-26-23-20-17-14-11-8-5-2/h12,15,21-26,29-32,35-37,39,74H,4-11,13-14,16-20,27-28,33-34,38,40-73H2,1-3H3/b15-12-,24-21-,25-22-,26-23-,31-29-,32-30-,37-35-,39-36-. The molecule has 478 valence electrons. The van der Waals surface area contributed by atoms with Gasteiger partial charge in [0.25, 0.3) is 0 Å². The van der Waals surface area contributed by atoms with Gasteiger partial charge in [0.1, 0.15) is 13.2 Å². The third-order valence-corrected chi connectivity index (χ3v) is 15.5. The van der Waals surface area contributed by atoms with Gasteiger partial charge >= 0.3 is 17.9 Å². The van der Waals surface area contributed by atoms with Gasteiger partial charge in [0, 0.05) is 19.3 Å². The Balaban J connectivity index is 4.29. The van der Waals surface area contributed by atoms with Crippen LogP contribution in [-0.4, -0.2) is 37.2 Å². The molecule has 0 heterocycles. The van der Waals surface area contributed by atoms with Crippen LogP contribution in [0.4, 0.5) is 0 Å². The van der Waals surface area contributed by atoms with Crippen molar-refractivity contribution in [2.45, 2.75) is 361 Å². The maximum atomic E-state index is 13.0. The molecule has 1 unspecified atom stereocenters. The predicted octanol–water partition coefficient (Wildman–Crippen LogP) is 24.8. The summed E-state index contributed by atoms with van der Waals surface area (Å²) in [7, 11) is 0. The molecule has 0 aromatic carbocycles. The van der Waals surface area contributed by atoms with Crippen molar-refractivity contribution in [1.82, 2.24) is 0 Å². The van der Waals surface area contributed by atoms with Gasteiger partial charge in [-0.25, -0.2) is 0 Å². The van der Waals surface area contributed by atoms with Crippen molar-refractivity contribution in [3.63, 3.8) is 0 Å². The lowest BCUT2D eigenvalue weighted by molar-refractivity contribution is -0.167. The van der Waals surface area contributed by atoms with Crippen LogP contribution < -0.4 is 0 Å². The number of ether oxygens (including phenoxy) is 3. The molecule has 1 atom stereocenters. The second-order valence-corrected chi connectivity index (χ2v) is 23.8. The molecule has 6 nitrogen and oxygen atoms in total. The Morgan fingerprint density at radius 2 is 0.458 bits per heavy atom. The SMILES string of the molecule is CCC/C=C\C/C=C\CCCCCCCC(=O)OCC(COC(=O)CCCCCCCCCCCCCC/C=C\C/C=C\C/C=C\CCCCCCC)OC(=O)CCCCCCCCCCCC/C=C\C/C=C\C/C=C\CCCCCCC. The third-order valence-electron chi connectivity index (χ3n) is 15.5. The van der Waals surface area contributed by atoms with E-state index in [1.807, 2.05) is 0 Å². The van der Waals surface area contributed by atoms with Crippen LogP contribution in [-0.2, 0) is 28.6 Å². The number of hydrogen-bond donors (Lipinski definition) is 0. The average Bonchev–Trinajstić information content (AvgIpc) is 3.49. The molecule has 0 spiro atoms. The summed E-state index contributed by atoms with van der Waals surface area (Å²) in [5, 5.41) is 0. The first-order chi connectivity index (χ1) is 41.0. The van der Waals surface area contributed by atoms with E-state index in [1.165, 1.54) is 199 Å². The highest BCUT2D eigenvalue weighted by molar-refractivity contribution is 5.71. The van der Waals surface area contributed by atoms with Crippen LogP contribution in [0.5, 0.6) is 0 Å². The van der Waals surface area contributed by atoms with Crippen LogP contribution in [0.2, 0.25) is 0 Å². The molecule has 0 aliphatic rings. The molecule has 0 aromatic rings. The molecular formula is C77H134O6. The van der Waals surface area contributed by atoms with Crippen LogP contribution in [0.1, 0.15) is 355 Å². The fourth-order valence-electron chi connectivity index (χ4n) is 10.1. The van der Waals surface area contributed by atoms with Crippen LogP contribution in [0.15, 0.2) is 97.2 Å². The Bertz CT molecular complexity index is 1610. The van der Waals surface area contributed by atoms with E-state index in [1.54, 1.807) is 0 Å². The molecule has 0 saturated heterocycles. The monoisotopic (exact) mass is 1160 g/mol. The Morgan fingerprint density at radius 1 is 0.241 bits per heavy atom. The minimum atomic E-state index is -0.789. The Kier molecular flexibility index (Phi) is 67.7. The second kappa shape index (κ2) is 70.8. The molecule has 0 fully saturated rings. The maximum absolute atomic E-state index is 13.0. The van der Waals surface area contributed by atoms with Crippen molar-refractivity contribution in [3.8, 4) is 0 Å². The van der Waals surface area contributed by atoms with Crippen molar-refractivity contribution in [3.05, 3.63) is 97.2 Å². The number of rotatable bonds is 65. The van der Waals surface area contributed by atoms with Gasteiger partial charge in [-0.05, 0) is 122 Å². The zero-order valence-corrected chi connectivity index (χ0v) is 54.9. The summed E-state index contributed by atoms with van der Waals surface area (Å²) in [4.78, 5) is 38.4. The minimum Gasteiger partial charge on any atom is -0.462 e. The van der Waals surface area contributed by atoms with Crippen molar-refractivity contribution >= 4 is 17.9 Å². The maximum Gasteiger partial charge on any atom is 0.306 e. The molecular weight excluding hydrogens is 1020 g/mol. The first-order valence-corrected chi connectivity index (χ1v) is 35.7. The highest BCUT2D eigenvalue weighted by Gasteiger charge is 2.19. The molecule has 0 radical (unpaired) electrons. The Morgan fingerprint density at radius 3 is 0.723 bits per heavy atom. The normalized spacial score (nSPS) is 12.7. The molecule has 6 heteroatoms. The van der Waals surface area contributed by atoms with E-state index >= 15 is 0 Å². The lowest BCUT2D eigenvalue weighted by atomic mass is 10.0. The number of unbranched alkanes of at least 4 members (excludes halogenated alkanes) is 38. The summed E-state index contributed by atoms with van der Waals surface area (Å²) in [6, 6.07) is 0.